The molecule has 2 aromatic carbocycles. The Balaban J connectivity index is 1.91. The fourth-order valence-corrected chi connectivity index (χ4v) is 2.92. The zero-order valence-electron chi connectivity index (χ0n) is 16.6. The Bertz CT molecular complexity index is 1070. The Kier molecular flexibility index (Phi) is 5.68. The second-order valence-corrected chi connectivity index (χ2v) is 6.84. The molecule has 8 nitrogen and oxygen atoms in total. The van der Waals surface area contributed by atoms with Gasteiger partial charge < -0.3 is 9.84 Å². The highest BCUT2D eigenvalue weighted by Gasteiger charge is 2.37. The molecular weight excluding hydrogens is 388 g/mol. The van der Waals surface area contributed by atoms with E-state index in [1.54, 1.807) is 31.2 Å². The van der Waals surface area contributed by atoms with Crippen molar-refractivity contribution in [1.82, 2.24) is 5.32 Å². The highest BCUT2D eigenvalue weighted by Crippen LogP contribution is 2.27. The van der Waals surface area contributed by atoms with Gasteiger partial charge in [0.25, 0.3) is 11.8 Å². The Morgan fingerprint density at radius 1 is 1.10 bits per heavy atom. The second-order valence-electron chi connectivity index (χ2n) is 6.84. The minimum atomic E-state index is -1.10. The Hall–Kier alpha value is -3.94. The lowest BCUT2D eigenvalue weighted by atomic mass is 10.0. The predicted molar refractivity (Wildman–Crippen MR) is 109 cm³/mol. The van der Waals surface area contributed by atoms with Crippen LogP contribution in [0.4, 0.5) is 10.5 Å². The lowest BCUT2D eigenvalue weighted by molar-refractivity contribution is -0.144. The number of anilines is 1. The molecule has 2 N–H and O–H groups in total. The molecule has 30 heavy (non-hydrogen) atoms. The van der Waals surface area contributed by atoms with Gasteiger partial charge in [-0.2, -0.15) is 0 Å². The molecule has 1 aliphatic rings. The fraction of sp³-hybridized carbons (Fsp3) is 0.182. The number of hydrogen-bond acceptors (Lipinski definition) is 5. The van der Waals surface area contributed by atoms with Crippen LogP contribution in [0.15, 0.2) is 48.0 Å². The average Bonchev–Trinajstić information content (AvgIpc) is 2.69. The summed E-state index contributed by atoms with van der Waals surface area (Å²) < 4.78 is 5.26. The zero-order valence-corrected chi connectivity index (χ0v) is 16.6. The van der Waals surface area contributed by atoms with Crippen LogP contribution in [0.1, 0.15) is 23.6 Å². The number of barbiturate groups is 1. The Morgan fingerprint density at radius 2 is 1.77 bits per heavy atom. The minimum absolute atomic E-state index is 0.192. The average molecular weight is 408 g/mol. The summed E-state index contributed by atoms with van der Waals surface area (Å²) in [5.74, 6) is -2.27. The van der Waals surface area contributed by atoms with E-state index in [9.17, 15) is 19.2 Å². The van der Waals surface area contributed by atoms with Gasteiger partial charge in [-0.15, -0.1) is 0 Å². The summed E-state index contributed by atoms with van der Waals surface area (Å²) in [5.41, 5.74) is 2.38. The lowest BCUT2D eigenvalue weighted by Gasteiger charge is -2.28. The van der Waals surface area contributed by atoms with Gasteiger partial charge in [0, 0.05) is 0 Å². The first-order valence-electron chi connectivity index (χ1n) is 9.16. The lowest BCUT2D eigenvalue weighted by Crippen LogP contribution is -2.54. The summed E-state index contributed by atoms with van der Waals surface area (Å²) in [6, 6.07) is 10.7. The van der Waals surface area contributed by atoms with E-state index in [2.05, 4.69) is 5.32 Å². The van der Waals surface area contributed by atoms with Gasteiger partial charge in [-0.1, -0.05) is 24.3 Å². The van der Waals surface area contributed by atoms with E-state index >= 15 is 0 Å². The van der Waals surface area contributed by atoms with Crippen molar-refractivity contribution in [3.05, 3.63) is 64.7 Å². The number of urea groups is 1. The van der Waals surface area contributed by atoms with Gasteiger partial charge in [0.05, 0.1) is 5.69 Å². The molecule has 4 amide bonds. The first kappa shape index (κ1) is 20.8. The molecule has 1 heterocycles. The first-order chi connectivity index (χ1) is 14.2. The van der Waals surface area contributed by atoms with Crippen LogP contribution in [0.3, 0.4) is 0 Å². The quantitative estimate of drug-likeness (QED) is 0.581. The van der Waals surface area contributed by atoms with Gasteiger partial charge in [-0.25, -0.2) is 14.5 Å². The smallest absolute Gasteiger partial charge is 0.344 e. The van der Waals surface area contributed by atoms with E-state index in [0.717, 1.165) is 16.0 Å². The molecule has 1 unspecified atom stereocenters. The molecule has 2 aromatic rings. The molecule has 0 bridgehead atoms. The van der Waals surface area contributed by atoms with Gasteiger partial charge in [0.1, 0.15) is 11.3 Å². The van der Waals surface area contributed by atoms with Crippen LogP contribution in [-0.2, 0) is 14.4 Å². The van der Waals surface area contributed by atoms with Gasteiger partial charge in [-0.05, 0) is 61.7 Å². The molecule has 8 heteroatoms. The molecule has 3 rings (SSSR count). The summed E-state index contributed by atoms with van der Waals surface area (Å²) in [4.78, 5) is 49.5. The maximum Gasteiger partial charge on any atom is 0.344 e. The van der Waals surface area contributed by atoms with Crippen LogP contribution >= 0.6 is 0 Å². The second kappa shape index (κ2) is 8.20. The molecule has 0 aromatic heterocycles. The summed E-state index contributed by atoms with van der Waals surface area (Å²) in [6.45, 7) is 5.06. The summed E-state index contributed by atoms with van der Waals surface area (Å²) in [7, 11) is 0. The number of carbonyl (C=O) groups excluding carboxylic acids is 3. The minimum Gasteiger partial charge on any atom is -0.479 e. The van der Waals surface area contributed by atoms with Crippen molar-refractivity contribution in [3.63, 3.8) is 0 Å². The molecule has 0 saturated carbocycles. The first-order valence-corrected chi connectivity index (χ1v) is 9.16. The van der Waals surface area contributed by atoms with Crippen molar-refractivity contribution in [2.24, 2.45) is 0 Å². The van der Waals surface area contributed by atoms with Gasteiger partial charge in [0.15, 0.2) is 6.10 Å². The monoisotopic (exact) mass is 408 g/mol. The topological polar surface area (TPSA) is 113 Å². The number of nitrogens with zero attached hydrogens (tertiary/aromatic N) is 1. The molecular formula is C22H20N2O6. The molecule has 1 atom stereocenters. The maximum atomic E-state index is 13.0. The number of hydrogen-bond donors (Lipinski definition) is 2. The van der Waals surface area contributed by atoms with E-state index in [1.165, 1.54) is 25.1 Å². The predicted octanol–water partition coefficient (Wildman–Crippen LogP) is 2.82. The maximum absolute atomic E-state index is 13.0. The Labute approximate surface area is 172 Å². The van der Waals surface area contributed by atoms with E-state index in [0.29, 0.717) is 17.0 Å². The number of carboxylic acids is 1. The number of ether oxygens (including phenoxy) is 1. The summed E-state index contributed by atoms with van der Waals surface area (Å²) >= 11 is 0. The number of benzene rings is 2. The third-order valence-corrected chi connectivity index (χ3v) is 4.77. The number of carboxylic acid groups (broad SMARTS) is 1. The van der Waals surface area contributed by atoms with Crippen LogP contribution in [0, 0.1) is 13.8 Å². The van der Waals surface area contributed by atoms with Crippen LogP contribution in [0.2, 0.25) is 0 Å². The van der Waals surface area contributed by atoms with Crippen molar-refractivity contribution in [3.8, 4) is 5.75 Å². The molecule has 0 radical (unpaired) electrons. The van der Waals surface area contributed by atoms with Crippen molar-refractivity contribution >= 4 is 35.6 Å². The van der Waals surface area contributed by atoms with Gasteiger partial charge in [0.2, 0.25) is 0 Å². The van der Waals surface area contributed by atoms with Crippen molar-refractivity contribution in [2.75, 3.05) is 4.90 Å². The fourth-order valence-electron chi connectivity index (χ4n) is 2.92. The molecule has 0 spiro atoms. The van der Waals surface area contributed by atoms with Crippen LogP contribution in [0.25, 0.3) is 6.08 Å². The number of imide groups is 2. The zero-order chi connectivity index (χ0) is 22.0. The van der Waals surface area contributed by atoms with Crippen molar-refractivity contribution in [1.29, 1.82) is 0 Å². The number of amides is 4. The molecule has 1 fully saturated rings. The third kappa shape index (κ3) is 4.07. The van der Waals surface area contributed by atoms with Gasteiger partial charge >= 0.3 is 12.0 Å². The summed E-state index contributed by atoms with van der Waals surface area (Å²) in [5, 5.41) is 11.1. The largest absolute Gasteiger partial charge is 0.479 e. The van der Waals surface area contributed by atoms with E-state index in [4.69, 9.17) is 9.84 Å². The van der Waals surface area contributed by atoms with Crippen LogP contribution in [0.5, 0.6) is 5.75 Å². The highest BCUT2D eigenvalue weighted by molar-refractivity contribution is 6.39. The van der Waals surface area contributed by atoms with Crippen molar-refractivity contribution in [2.45, 2.75) is 26.9 Å². The normalized spacial score (nSPS) is 16.4. The number of carbonyl (C=O) groups is 4. The SMILES string of the molecule is Cc1cccc(N2C(=O)NC(=O)/C(=C/c3ccc(OC(C)C(=O)O)cc3)C2=O)c1C. The van der Waals surface area contributed by atoms with Crippen LogP contribution in [-0.4, -0.2) is 35.0 Å². The molecule has 0 aliphatic carbocycles. The number of aliphatic carboxylic acids is 1. The number of aryl methyl sites for hydroxylation is 1. The van der Waals surface area contributed by atoms with E-state index in [1.807, 2.05) is 13.0 Å². The number of rotatable bonds is 5. The number of nitrogens with one attached hydrogen (secondary N) is 1. The van der Waals surface area contributed by atoms with E-state index < -0.39 is 29.9 Å². The van der Waals surface area contributed by atoms with E-state index in [-0.39, 0.29) is 5.57 Å². The highest BCUT2D eigenvalue weighted by atomic mass is 16.5. The summed E-state index contributed by atoms with van der Waals surface area (Å²) in [6.07, 6.45) is 0.351. The standard InChI is InChI=1S/C22H20N2O6/c1-12-5-4-6-18(13(12)2)24-20(26)17(19(25)23-22(24)29)11-15-7-9-16(10-8-15)30-14(3)21(27)28/h4-11,14H,1-3H3,(H,27,28)(H,23,25,29)/b17-11-. The van der Waals surface area contributed by atoms with Crippen molar-refractivity contribution < 1.29 is 29.0 Å². The molecule has 1 saturated heterocycles. The van der Waals surface area contributed by atoms with Crippen LogP contribution < -0.4 is 15.0 Å². The molecule has 154 valence electrons. The van der Waals surface area contributed by atoms with Gasteiger partial charge in [-0.3, -0.25) is 14.9 Å². The third-order valence-electron chi connectivity index (χ3n) is 4.77. The Morgan fingerprint density at radius 3 is 2.40 bits per heavy atom. The molecule has 1 aliphatic heterocycles.